The van der Waals surface area contributed by atoms with Gasteiger partial charge in [0.2, 0.25) is 0 Å². The molecule has 2 aromatic heterocycles. The lowest BCUT2D eigenvalue weighted by Gasteiger charge is -2.33. The molecular formula is C21H27F2N5O. The number of hydrogen-bond acceptors (Lipinski definition) is 5. The van der Waals surface area contributed by atoms with Crippen LogP contribution in [0.15, 0.2) is 36.7 Å². The third-order valence-corrected chi connectivity index (χ3v) is 4.89. The summed E-state index contributed by atoms with van der Waals surface area (Å²) < 4.78 is 30.8. The van der Waals surface area contributed by atoms with Crippen LogP contribution in [0.2, 0.25) is 0 Å². The van der Waals surface area contributed by atoms with Crippen LogP contribution in [0.5, 0.6) is 5.75 Å². The van der Waals surface area contributed by atoms with E-state index >= 15 is 0 Å². The Labute approximate surface area is 169 Å². The molecular weight excluding hydrogens is 376 g/mol. The fourth-order valence-corrected chi connectivity index (χ4v) is 3.72. The van der Waals surface area contributed by atoms with Crippen molar-refractivity contribution in [3.05, 3.63) is 53.6 Å². The van der Waals surface area contributed by atoms with E-state index < -0.39 is 6.61 Å². The summed E-state index contributed by atoms with van der Waals surface area (Å²) in [7, 11) is 0. The second-order valence-corrected chi connectivity index (χ2v) is 6.89. The lowest BCUT2D eigenvalue weighted by molar-refractivity contribution is -0.0498. The van der Waals surface area contributed by atoms with Crippen molar-refractivity contribution in [1.82, 2.24) is 24.5 Å². The summed E-state index contributed by atoms with van der Waals surface area (Å²) in [5, 5.41) is 4.33. The molecule has 1 unspecified atom stereocenters. The molecule has 0 aliphatic carbocycles. The van der Waals surface area contributed by atoms with Crippen molar-refractivity contribution in [1.29, 1.82) is 0 Å². The van der Waals surface area contributed by atoms with Crippen LogP contribution in [0.1, 0.15) is 49.6 Å². The van der Waals surface area contributed by atoms with Gasteiger partial charge in [0.1, 0.15) is 12.1 Å². The molecule has 0 amide bonds. The number of aryl methyl sites for hydroxylation is 1. The highest BCUT2D eigenvalue weighted by Crippen LogP contribution is 2.28. The number of rotatable bonds is 5. The van der Waals surface area contributed by atoms with Gasteiger partial charge in [0.05, 0.1) is 5.69 Å². The average Bonchev–Trinajstić information content (AvgIpc) is 3.18. The van der Waals surface area contributed by atoms with E-state index in [1.54, 1.807) is 12.1 Å². The van der Waals surface area contributed by atoms with E-state index in [9.17, 15) is 8.78 Å². The number of benzene rings is 1. The SMILES string of the molecule is CC.Cc1cc(C2CCCN(Cc3ccc(OC(F)F)cc3)C2)n2ncnc2n1. The molecule has 6 nitrogen and oxygen atoms in total. The smallest absolute Gasteiger partial charge is 0.387 e. The molecule has 156 valence electrons. The molecule has 3 aromatic rings. The Morgan fingerprint density at radius 1 is 1.21 bits per heavy atom. The van der Waals surface area contributed by atoms with Crippen LogP contribution >= 0.6 is 0 Å². The van der Waals surface area contributed by atoms with Crippen LogP contribution in [0.25, 0.3) is 5.78 Å². The van der Waals surface area contributed by atoms with Gasteiger partial charge in [-0.1, -0.05) is 26.0 Å². The molecule has 29 heavy (non-hydrogen) atoms. The molecule has 0 spiro atoms. The first-order valence-corrected chi connectivity index (χ1v) is 10.0. The maximum Gasteiger partial charge on any atom is 0.387 e. The van der Waals surface area contributed by atoms with Crippen molar-refractivity contribution in [2.24, 2.45) is 0 Å². The summed E-state index contributed by atoms with van der Waals surface area (Å²) in [6.45, 7) is 5.87. The number of piperidine rings is 1. The number of nitrogens with zero attached hydrogens (tertiary/aromatic N) is 5. The number of ether oxygens (including phenoxy) is 1. The van der Waals surface area contributed by atoms with Gasteiger partial charge < -0.3 is 4.74 Å². The number of halogens is 2. The molecule has 1 aliphatic rings. The van der Waals surface area contributed by atoms with Crippen molar-refractivity contribution in [3.8, 4) is 5.75 Å². The predicted molar refractivity (Wildman–Crippen MR) is 107 cm³/mol. The van der Waals surface area contributed by atoms with Gasteiger partial charge in [-0.3, -0.25) is 4.90 Å². The fraction of sp³-hybridized carbons (Fsp3) is 0.476. The van der Waals surface area contributed by atoms with E-state index in [0.29, 0.717) is 11.7 Å². The number of alkyl halides is 2. The van der Waals surface area contributed by atoms with Crippen molar-refractivity contribution in [2.75, 3.05) is 13.1 Å². The molecule has 4 rings (SSSR count). The Hall–Kier alpha value is -2.61. The Balaban J connectivity index is 0.00000117. The first-order chi connectivity index (χ1) is 14.1. The minimum Gasteiger partial charge on any atom is -0.435 e. The maximum atomic E-state index is 12.3. The summed E-state index contributed by atoms with van der Waals surface area (Å²) in [6, 6.07) is 8.95. The van der Waals surface area contributed by atoms with Gasteiger partial charge in [0.15, 0.2) is 0 Å². The first kappa shape index (κ1) is 21.1. The van der Waals surface area contributed by atoms with E-state index in [-0.39, 0.29) is 5.75 Å². The van der Waals surface area contributed by atoms with Crippen LogP contribution in [-0.4, -0.2) is 44.2 Å². The second kappa shape index (κ2) is 9.73. The Morgan fingerprint density at radius 3 is 2.69 bits per heavy atom. The molecule has 1 atom stereocenters. The number of hydrogen-bond donors (Lipinski definition) is 0. The van der Waals surface area contributed by atoms with Crippen molar-refractivity contribution < 1.29 is 13.5 Å². The average molecular weight is 403 g/mol. The van der Waals surface area contributed by atoms with E-state index in [4.69, 9.17) is 0 Å². The monoisotopic (exact) mass is 403 g/mol. The normalized spacial score (nSPS) is 17.2. The third-order valence-electron chi connectivity index (χ3n) is 4.89. The van der Waals surface area contributed by atoms with Crippen molar-refractivity contribution in [2.45, 2.75) is 52.7 Å². The Kier molecular flexibility index (Phi) is 7.09. The summed E-state index contributed by atoms with van der Waals surface area (Å²) in [5.41, 5.74) is 3.16. The summed E-state index contributed by atoms with van der Waals surface area (Å²) in [5.74, 6) is 1.17. The van der Waals surface area contributed by atoms with E-state index in [0.717, 1.165) is 49.4 Å². The van der Waals surface area contributed by atoms with Gasteiger partial charge in [0.25, 0.3) is 5.78 Å². The third kappa shape index (κ3) is 5.26. The van der Waals surface area contributed by atoms with Crippen LogP contribution in [0.4, 0.5) is 8.78 Å². The van der Waals surface area contributed by atoms with Crippen LogP contribution < -0.4 is 4.74 Å². The largest absolute Gasteiger partial charge is 0.435 e. The van der Waals surface area contributed by atoms with Gasteiger partial charge >= 0.3 is 6.61 Å². The molecule has 0 radical (unpaired) electrons. The molecule has 0 N–H and O–H groups in total. The second-order valence-electron chi connectivity index (χ2n) is 6.89. The lowest BCUT2D eigenvalue weighted by Crippen LogP contribution is -2.34. The summed E-state index contributed by atoms with van der Waals surface area (Å²) in [4.78, 5) is 11.0. The lowest BCUT2D eigenvalue weighted by atomic mass is 9.93. The van der Waals surface area contributed by atoms with Crippen LogP contribution in [0.3, 0.4) is 0 Å². The molecule has 0 saturated carbocycles. The van der Waals surface area contributed by atoms with Crippen LogP contribution in [-0.2, 0) is 6.54 Å². The Bertz CT molecular complexity index is 913. The summed E-state index contributed by atoms with van der Waals surface area (Å²) >= 11 is 0. The van der Waals surface area contributed by atoms with E-state index in [2.05, 4.69) is 30.8 Å². The maximum absolute atomic E-state index is 12.3. The van der Waals surface area contributed by atoms with Gasteiger partial charge in [-0.2, -0.15) is 18.9 Å². The number of fused-ring (bicyclic) bond motifs is 1. The quantitative estimate of drug-likeness (QED) is 0.630. The molecule has 1 aromatic carbocycles. The zero-order valence-corrected chi connectivity index (χ0v) is 17.1. The van der Waals surface area contributed by atoms with Crippen LogP contribution in [0, 0.1) is 6.92 Å². The number of likely N-dealkylation sites (tertiary alicyclic amines) is 1. The highest BCUT2D eigenvalue weighted by atomic mass is 19.3. The summed E-state index contributed by atoms with van der Waals surface area (Å²) in [6.07, 6.45) is 3.72. The molecule has 8 heteroatoms. The molecule has 3 heterocycles. The molecule has 0 bridgehead atoms. The van der Waals surface area contributed by atoms with E-state index in [1.807, 2.05) is 37.4 Å². The minimum absolute atomic E-state index is 0.186. The highest BCUT2D eigenvalue weighted by Gasteiger charge is 2.24. The predicted octanol–water partition coefficient (Wildman–Crippen LogP) is 4.44. The van der Waals surface area contributed by atoms with Gasteiger partial charge in [-0.15, -0.1) is 0 Å². The topological polar surface area (TPSA) is 55.6 Å². The first-order valence-electron chi connectivity index (χ1n) is 10.0. The van der Waals surface area contributed by atoms with Gasteiger partial charge in [-0.05, 0) is 50.1 Å². The number of aromatic nitrogens is 4. The fourth-order valence-electron chi connectivity index (χ4n) is 3.72. The zero-order valence-electron chi connectivity index (χ0n) is 17.1. The van der Waals surface area contributed by atoms with Gasteiger partial charge in [0, 0.05) is 24.7 Å². The van der Waals surface area contributed by atoms with Gasteiger partial charge in [-0.25, -0.2) is 9.50 Å². The van der Waals surface area contributed by atoms with Crippen molar-refractivity contribution in [3.63, 3.8) is 0 Å². The minimum atomic E-state index is -2.80. The Morgan fingerprint density at radius 2 is 1.97 bits per heavy atom. The zero-order chi connectivity index (χ0) is 20.8. The molecule has 1 fully saturated rings. The standard InChI is InChI=1S/C19H21F2N5O.C2H6/c1-13-9-17(26-19(24-13)22-12-23-26)15-3-2-8-25(11-15)10-14-4-6-16(7-5-14)27-18(20)21;1-2/h4-7,9,12,15,18H,2-3,8,10-11H2,1H3;1-2H3. The highest BCUT2D eigenvalue weighted by molar-refractivity contribution is 5.32. The molecule has 1 aliphatic heterocycles. The van der Waals surface area contributed by atoms with E-state index in [1.165, 1.54) is 6.33 Å². The molecule has 1 saturated heterocycles. The van der Waals surface area contributed by atoms with Crippen molar-refractivity contribution >= 4 is 5.78 Å².